The van der Waals surface area contributed by atoms with E-state index in [-0.39, 0.29) is 28.1 Å². The van der Waals surface area contributed by atoms with Gasteiger partial charge in [-0.05, 0) is 61.9 Å². The van der Waals surface area contributed by atoms with Crippen molar-refractivity contribution in [1.82, 2.24) is 14.7 Å². The summed E-state index contributed by atoms with van der Waals surface area (Å²) in [5.74, 6) is -0.0586. The SMILES string of the molecule is COc1ccc(C(=O)Nc2ccc3nc(Cc4ccccc4F)[nH]c3c2)cc1S(=O)(=O)NC(C)C. The Hall–Kier alpha value is -3.76. The number of imidazole rings is 1. The quantitative estimate of drug-likeness (QED) is 0.338. The molecule has 0 saturated carbocycles. The van der Waals surface area contributed by atoms with Gasteiger partial charge >= 0.3 is 0 Å². The van der Waals surface area contributed by atoms with Crippen molar-refractivity contribution in [2.45, 2.75) is 31.2 Å². The lowest BCUT2D eigenvalue weighted by molar-refractivity contribution is 0.102. The van der Waals surface area contributed by atoms with Gasteiger partial charge in [-0.25, -0.2) is 22.5 Å². The predicted molar refractivity (Wildman–Crippen MR) is 132 cm³/mol. The molecule has 4 aromatic rings. The maximum Gasteiger partial charge on any atom is 0.255 e. The van der Waals surface area contributed by atoms with E-state index >= 15 is 0 Å². The number of nitrogens with zero attached hydrogens (tertiary/aromatic N) is 1. The van der Waals surface area contributed by atoms with E-state index in [4.69, 9.17) is 4.74 Å². The van der Waals surface area contributed by atoms with Crippen molar-refractivity contribution in [2.24, 2.45) is 0 Å². The van der Waals surface area contributed by atoms with Gasteiger partial charge < -0.3 is 15.0 Å². The van der Waals surface area contributed by atoms with Gasteiger partial charge in [0.2, 0.25) is 10.0 Å². The average molecular weight is 497 g/mol. The molecule has 0 bridgehead atoms. The zero-order valence-electron chi connectivity index (χ0n) is 19.4. The second kappa shape index (κ2) is 9.85. The number of carbonyl (C=O) groups excluding carboxylic acids is 1. The molecule has 3 aromatic carbocycles. The molecule has 1 amide bonds. The average Bonchev–Trinajstić information content (AvgIpc) is 3.21. The number of sulfonamides is 1. The highest BCUT2D eigenvalue weighted by atomic mass is 32.2. The lowest BCUT2D eigenvalue weighted by Gasteiger charge is -2.14. The molecule has 0 aliphatic rings. The number of methoxy groups -OCH3 is 1. The summed E-state index contributed by atoms with van der Waals surface area (Å²) in [7, 11) is -2.52. The fourth-order valence-electron chi connectivity index (χ4n) is 3.65. The molecular formula is C25H25FN4O4S. The van der Waals surface area contributed by atoms with Gasteiger partial charge in [0.05, 0.1) is 18.1 Å². The molecule has 4 rings (SSSR count). The monoisotopic (exact) mass is 496 g/mol. The summed E-state index contributed by atoms with van der Waals surface area (Å²) in [4.78, 5) is 20.4. The lowest BCUT2D eigenvalue weighted by atomic mass is 10.1. The molecule has 3 N–H and O–H groups in total. The molecule has 0 radical (unpaired) electrons. The zero-order valence-corrected chi connectivity index (χ0v) is 20.2. The second-order valence-corrected chi connectivity index (χ2v) is 9.96. The Morgan fingerprint density at radius 1 is 1.11 bits per heavy atom. The van der Waals surface area contributed by atoms with Crippen LogP contribution in [0, 0.1) is 5.82 Å². The Morgan fingerprint density at radius 3 is 2.60 bits per heavy atom. The third kappa shape index (κ3) is 5.50. The van der Waals surface area contributed by atoms with Crippen LogP contribution in [0.4, 0.5) is 10.1 Å². The number of halogens is 1. The van der Waals surface area contributed by atoms with Crippen LogP contribution < -0.4 is 14.8 Å². The molecular weight excluding hydrogens is 471 g/mol. The number of aromatic nitrogens is 2. The Balaban J connectivity index is 1.56. The fraction of sp³-hybridized carbons (Fsp3) is 0.200. The van der Waals surface area contributed by atoms with Gasteiger partial charge in [-0.2, -0.15) is 0 Å². The first kappa shape index (κ1) is 24.4. The number of amides is 1. The van der Waals surface area contributed by atoms with E-state index in [1.54, 1.807) is 50.2 Å². The molecule has 182 valence electrons. The van der Waals surface area contributed by atoms with Crippen LogP contribution in [0.2, 0.25) is 0 Å². The highest BCUT2D eigenvalue weighted by Gasteiger charge is 2.22. The molecule has 0 saturated heterocycles. The molecule has 0 aliphatic carbocycles. The van der Waals surface area contributed by atoms with Crippen LogP contribution >= 0.6 is 0 Å². The molecule has 0 spiro atoms. The highest BCUT2D eigenvalue weighted by Crippen LogP contribution is 2.26. The Bertz CT molecular complexity index is 1500. The number of hydrogen-bond acceptors (Lipinski definition) is 5. The van der Waals surface area contributed by atoms with E-state index in [1.807, 2.05) is 0 Å². The Labute approximate surface area is 202 Å². The second-order valence-electron chi connectivity index (χ2n) is 8.28. The minimum atomic E-state index is -3.88. The van der Waals surface area contributed by atoms with Crippen LogP contribution in [0.1, 0.15) is 35.6 Å². The summed E-state index contributed by atoms with van der Waals surface area (Å²) < 4.78 is 47.0. The van der Waals surface area contributed by atoms with E-state index in [9.17, 15) is 17.6 Å². The van der Waals surface area contributed by atoms with E-state index in [1.165, 1.54) is 31.4 Å². The number of ether oxygens (including phenoxy) is 1. The van der Waals surface area contributed by atoms with Crippen LogP contribution in [0.5, 0.6) is 5.75 Å². The highest BCUT2D eigenvalue weighted by molar-refractivity contribution is 7.89. The summed E-state index contributed by atoms with van der Waals surface area (Å²) in [5.41, 5.74) is 2.52. The topological polar surface area (TPSA) is 113 Å². The van der Waals surface area contributed by atoms with E-state index < -0.39 is 15.9 Å². The molecule has 0 atom stereocenters. The van der Waals surface area contributed by atoms with Crippen LogP contribution in [0.25, 0.3) is 11.0 Å². The van der Waals surface area contributed by atoms with Crippen LogP contribution in [-0.2, 0) is 16.4 Å². The zero-order chi connectivity index (χ0) is 25.2. The summed E-state index contributed by atoms with van der Waals surface area (Å²) in [5, 5.41) is 2.77. The number of aromatic amines is 1. The summed E-state index contributed by atoms with van der Waals surface area (Å²) in [6, 6.07) is 15.5. The molecule has 0 aliphatic heterocycles. The van der Waals surface area contributed by atoms with Crippen LogP contribution in [-0.4, -0.2) is 37.4 Å². The molecule has 8 nitrogen and oxygen atoms in total. The number of fused-ring (bicyclic) bond motifs is 1. The number of rotatable bonds is 8. The van der Waals surface area contributed by atoms with Gasteiger partial charge in [0.25, 0.3) is 5.91 Å². The first-order valence-electron chi connectivity index (χ1n) is 10.9. The van der Waals surface area contributed by atoms with Crippen molar-refractivity contribution < 1.29 is 22.3 Å². The number of hydrogen-bond donors (Lipinski definition) is 3. The third-order valence-electron chi connectivity index (χ3n) is 5.21. The van der Waals surface area contributed by atoms with Crippen molar-refractivity contribution in [3.63, 3.8) is 0 Å². The minimum absolute atomic E-state index is 0.122. The van der Waals surface area contributed by atoms with Crippen LogP contribution in [0.15, 0.2) is 65.6 Å². The number of benzene rings is 3. The Morgan fingerprint density at radius 2 is 1.89 bits per heavy atom. The van der Waals surface area contributed by atoms with E-state index in [2.05, 4.69) is 20.0 Å². The first-order chi connectivity index (χ1) is 16.7. The van der Waals surface area contributed by atoms with Gasteiger partial charge in [0.1, 0.15) is 22.3 Å². The summed E-state index contributed by atoms with van der Waals surface area (Å²) in [6.07, 6.45) is 0.302. The normalized spacial score (nSPS) is 11.7. The minimum Gasteiger partial charge on any atom is -0.495 e. The third-order valence-corrected chi connectivity index (χ3v) is 6.89. The van der Waals surface area contributed by atoms with Crippen molar-refractivity contribution in [1.29, 1.82) is 0 Å². The largest absolute Gasteiger partial charge is 0.495 e. The standard InChI is InChI=1S/C25H25FN4O4S/c1-15(2)30-35(32,33)23-12-17(8-11-22(23)34-3)25(31)27-18-9-10-20-21(14-18)29-24(28-20)13-16-6-4-5-7-19(16)26/h4-12,14-15,30H,13H2,1-3H3,(H,27,31)(H,28,29). The number of H-pyrrole nitrogens is 1. The number of carbonyl (C=O) groups is 1. The number of anilines is 1. The maximum absolute atomic E-state index is 14.0. The van der Waals surface area contributed by atoms with Gasteiger partial charge in [-0.1, -0.05) is 18.2 Å². The summed E-state index contributed by atoms with van der Waals surface area (Å²) >= 11 is 0. The van der Waals surface area contributed by atoms with Gasteiger partial charge in [0, 0.05) is 23.7 Å². The summed E-state index contributed by atoms with van der Waals surface area (Å²) in [6.45, 7) is 3.40. The number of nitrogens with one attached hydrogen (secondary N) is 3. The van der Waals surface area contributed by atoms with Gasteiger partial charge in [-0.15, -0.1) is 0 Å². The maximum atomic E-state index is 14.0. The fourth-order valence-corrected chi connectivity index (χ4v) is 5.10. The smallest absolute Gasteiger partial charge is 0.255 e. The molecule has 35 heavy (non-hydrogen) atoms. The molecule has 10 heteroatoms. The molecule has 1 aromatic heterocycles. The first-order valence-corrected chi connectivity index (χ1v) is 12.4. The van der Waals surface area contributed by atoms with Crippen LogP contribution in [0.3, 0.4) is 0 Å². The molecule has 1 heterocycles. The lowest BCUT2D eigenvalue weighted by Crippen LogP contribution is -2.30. The van der Waals surface area contributed by atoms with Crippen molar-refractivity contribution in [2.75, 3.05) is 12.4 Å². The molecule has 0 unspecified atom stereocenters. The van der Waals surface area contributed by atoms with Crippen molar-refractivity contribution >= 4 is 32.7 Å². The van der Waals surface area contributed by atoms with E-state index in [0.717, 1.165) is 0 Å². The van der Waals surface area contributed by atoms with Gasteiger partial charge in [-0.3, -0.25) is 4.79 Å². The van der Waals surface area contributed by atoms with E-state index in [0.29, 0.717) is 34.5 Å². The molecule has 0 fully saturated rings. The Kier molecular flexibility index (Phi) is 6.86. The predicted octanol–water partition coefficient (Wildman–Crippen LogP) is 4.24. The van der Waals surface area contributed by atoms with Crippen molar-refractivity contribution in [3.05, 3.63) is 83.4 Å². The van der Waals surface area contributed by atoms with Crippen molar-refractivity contribution in [3.8, 4) is 5.75 Å². The van der Waals surface area contributed by atoms with Gasteiger partial charge in [0.15, 0.2) is 0 Å².